The van der Waals surface area contributed by atoms with Crippen molar-refractivity contribution in [3.63, 3.8) is 0 Å². The zero-order chi connectivity index (χ0) is 17.6. The van der Waals surface area contributed by atoms with Crippen molar-refractivity contribution < 1.29 is 0 Å². The lowest BCUT2D eigenvalue weighted by Gasteiger charge is -2.44. The van der Waals surface area contributed by atoms with Crippen molar-refractivity contribution in [2.45, 2.75) is 32.2 Å². The van der Waals surface area contributed by atoms with E-state index < -0.39 is 0 Å². The van der Waals surface area contributed by atoms with Crippen molar-refractivity contribution in [2.24, 2.45) is 0 Å². The molecule has 0 saturated carbocycles. The summed E-state index contributed by atoms with van der Waals surface area (Å²) in [4.78, 5) is 4.43. The normalized spacial score (nSPS) is 15.4. The first kappa shape index (κ1) is 15.8. The zero-order valence-corrected chi connectivity index (χ0v) is 15.1. The molecule has 25 heavy (non-hydrogen) atoms. The summed E-state index contributed by atoms with van der Waals surface area (Å²) in [6.45, 7) is 8.25. The number of aromatic nitrogens is 5. The highest BCUT2D eigenvalue weighted by molar-refractivity contribution is 5.50. The van der Waals surface area contributed by atoms with E-state index in [0.29, 0.717) is 6.04 Å². The van der Waals surface area contributed by atoms with E-state index in [2.05, 4.69) is 70.1 Å². The Kier molecular flexibility index (Phi) is 3.59. The molecule has 1 saturated heterocycles. The third-order valence-electron chi connectivity index (χ3n) is 4.76. The molecule has 0 spiro atoms. The van der Waals surface area contributed by atoms with Crippen molar-refractivity contribution >= 4 is 17.4 Å². The lowest BCUT2D eigenvalue weighted by atomic mass is 9.92. The predicted molar refractivity (Wildman–Crippen MR) is 98.1 cm³/mol. The van der Waals surface area contributed by atoms with E-state index in [4.69, 9.17) is 0 Å². The van der Waals surface area contributed by atoms with Gasteiger partial charge in [0.2, 0.25) is 5.95 Å². The number of pyridine rings is 1. The Hall–Kier alpha value is -2.70. The van der Waals surface area contributed by atoms with Crippen LogP contribution in [-0.2, 0) is 5.41 Å². The van der Waals surface area contributed by atoms with Gasteiger partial charge >= 0.3 is 0 Å². The van der Waals surface area contributed by atoms with Crippen LogP contribution in [0.4, 0.5) is 11.8 Å². The van der Waals surface area contributed by atoms with E-state index in [-0.39, 0.29) is 5.41 Å². The molecule has 4 heterocycles. The molecule has 0 aliphatic carbocycles. The molecule has 0 aromatic carbocycles. The van der Waals surface area contributed by atoms with E-state index in [1.54, 1.807) is 0 Å². The van der Waals surface area contributed by atoms with Crippen LogP contribution in [0.25, 0.3) is 5.65 Å². The molecule has 7 nitrogen and oxygen atoms in total. The van der Waals surface area contributed by atoms with Gasteiger partial charge in [0.05, 0.1) is 11.7 Å². The van der Waals surface area contributed by atoms with Crippen molar-refractivity contribution in [3.05, 3.63) is 42.2 Å². The van der Waals surface area contributed by atoms with Crippen LogP contribution in [0.15, 0.2) is 36.5 Å². The summed E-state index contributed by atoms with van der Waals surface area (Å²) in [7, 11) is 2.07. The van der Waals surface area contributed by atoms with Crippen LogP contribution in [0.1, 0.15) is 26.5 Å². The first-order valence-electron chi connectivity index (χ1n) is 8.55. The van der Waals surface area contributed by atoms with Crippen molar-refractivity contribution in [2.75, 3.05) is 29.9 Å². The van der Waals surface area contributed by atoms with E-state index in [1.807, 2.05) is 28.8 Å². The molecular weight excluding hydrogens is 314 g/mol. The SMILES string of the molecule is CN(c1nnc2ccccn12)C1CN(c2ccc(C(C)(C)C)nn2)C1. The van der Waals surface area contributed by atoms with Crippen molar-refractivity contribution in [3.8, 4) is 0 Å². The molecule has 0 radical (unpaired) electrons. The molecule has 1 aliphatic rings. The van der Waals surface area contributed by atoms with Gasteiger partial charge in [-0.1, -0.05) is 26.8 Å². The number of hydrogen-bond acceptors (Lipinski definition) is 6. The summed E-state index contributed by atoms with van der Waals surface area (Å²) in [6, 6.07) is 10.5. The fourth-order valence-corrected chi connectivity index (χ4v) is 3.01. The van der Waals surface area contributed by atoms with Gasteiger partial charge in [-0.3, -0.25) is 4.40 Å². The molecule has 0 atom stereocenters. The summed E-state index contributed by atoms with van der Waals surface area (Å²) in [5, 5.41) is 17.3. The number of nitrogens with zero attached hydrogens (tertiary/aromatic N) is 7. The Balaban J connectivity index is 1.45. The van der Waals surface area contributed by atoms with Crippen LogP contribution in [-0.4, -0.2) is 51.0 Å². The Morgan fingerprint density at radius 1 is 1.00 bits per heavy atom. The second kappa shape index (κ2) is 5.68. The lowest BCUT2D eigenvalue weighted by Crippen LogP contribution is -2.59. The molecule has 1 aliphatic heterocycles. The number of hydrogen-bond donors (Lipinski definition) is 0. The Morgan fingerprint density at radius 2 is 1.80 bits per heavy atom. The fourth-order valence-electron chi connectivity index (χ4n) is 3.01. The monoisotopic (exact) mass is 337 g/mol. The van der Waals surface area contributed by atoms with Gasteiger partial charge in [-0.15, -0.1) is 15.3 Å². The summed E-state index contributed by atoms with van der Waals surface area (Å²) >= 11 is 0. The first-order chi connectivity index (χ1) is 11.9. The molecule has 130 valence electrons. The van der Waals surface area contributed by atoms with Crippen LogP contribution >= 0.6 is 0 Å². The maximum absolute atomic E-state index is 4.40. The van der Waals surface area contributed by atoms with Crippen LogP contribution in [0.5, 0.6) is 0 Å². The van der Waals surface area contributed by atoms with Gasteiger partial charge in [0.15, 0.2) is 11.5 Å². The zero-order valence-electron chi connectivity index (χ0n) is 15.1. The Bertz CT molecular complexity index is 872. The van der Waals surface area contributed by atoms with Gasteiger partial charge in [-0.05, 0) is 24.3 Å². The Morgan fingerprint density at radius 3 is 2.48 bits per heavy atom. The largest absolute Gasteiger partial charge is 0.351 e. The molecule has 0 unspecified atom stereocenters. The quantitative estimate of drug-likeness (QED) is 0.730. The molecular formula is C18H23N7. The Labute approximate surface area is 147 Å². The van der Waals surface area contributed by atoms with E-state index >= 15 is 0 Å². The molecule has 0 bridgehead atoms. The number of likely N-dealkylation sites (N-methyl/N-ethyl adjacent to an activating group) is 1. The minimum absolute atomic E-state index is 0.0258. The standard InChI is InChI=1S/C18H23N7/c1-18(2,3)14-8-9-15(20-19-14)24-11-13(12-24)23(4)17-22-21-16-7-5-6-10-25(16)17/h5-10,13H,11-12H2,1-4H3. The van der Waals surface area contributed by atoms with Gasteiger partial charge < -0.3 is 9.80 Å². The third-order valence-corrected chi connectivity index (χ3v) is 4.76. The van der Waals surface area contributed by atoms with Crippen LogP contribution in [0, 0.1) is 0 Å². The fraction of sp³-hybridized carbons (Fsp3) is 0.444. The average molecular weight is 337 g/mol. The molecule has 0 N–H and O–H groups in total. The maximum atomic E-state index is 4.40. The first-order valence-corrected chi connectivity index (χ1v) is 8.55. The van der Waals surface area contributed by atoms with Gasteiger partial charge in [0, 0.05) is 31.7 Å². The number of anilines is 2. The predicted octanol–water partition coefficient (Wildman–Crippen LogP) is 2.14. The third kappa shape index (κ3) is 2.79. The lowest BCUT2D eigenvalue weighted by molar-refractivity contribution is 0.481. The van der Waals surface area contributed by atoms with Gasteiger partial charge in [0.25, 0.3) is 0 Å². The highest BCUT2D eigenvalue weighted by atomic mass is 15.4. The van der Waals surface area contributed by atoms with E-state index in [1.165, 1.54) is 0 Å². The molecule has 7 heteroatoms. The van der Waals surface area contributed by atoms with Gasteiger partial charge in [0.1, 0.15) is 0 Å². The van der Waals surface area contributed by atoms with Crippen molar-refractivity contribution in [1.82, 2.24) is 24.8 Å². The minimum Gasteiger partial charge on any atom is -0.351 e. The van der Waals surface area contributed by atoms with Gasteiger partial charge in [-0.2, -0.15) is 5.10 Å². The number of rotatable bonds is 3. The van der Waals surface area contributed by atoms with Gasteiger partial charge in [-0.25, -0.2) is 0 Å². The molecule has 0 amide bonds. The summed E-state index contributed by atoms with van der Waals surface area (Å²) in [6.07, 6.45) is 1.99. The van der Waals surface area contributed by atoms with Crippen LogP contribution in [0.3, 0.4) is 0 Å². The second-order valence-electron chi connectivity index (χ2n) is 7.63. The minimum atomic E-state index is 0.0258. The highest BCUT2D eigenvalue weighted by Crippen LogP contribution is 2.26. The summed E-state index contributed by atoms with van der Waals surface area (Å²) < 4.78 is 2.01. The summed E-state index contributed by atoms with van der Waals surface area (Å²) in [5.74, 6) is 1.80. The molecule has 3 aromatic heterocycles. The topological polar surface area (TPSA) is 62.5 Å². The maximum Gasteiger partial charge on any atom is 0.231 e. The highest BCUT2D eigenvalue weighted by Gasteiger charge is 2.33. The second-order valence-corrected chi connectivity index (χ2v) is 7.63. The number of fused-ring (bicyclic) bond motifs is 1. The smallest absolute Gasteiger partial charge is 0.231 e. The van der Waals surface area contributed by atoms with E-state index in [0.717, 1.165) is 36.2 Å². The average Bonchev–Trinajstić information content (AvgIpc) is 2.97. The van der Waals surface area contributed by atoms with E-state index in [9.17, 15) is 0 Å². The molecule has 4 rings (SSSR count). The van der Waals surface area contributed by atoms with Crippen LogP contribution < -0.4 is 9.80 Å². The summed E-state index contributed by atoms with van der Waals surface area (Å²) in [5.41, 5.74) is 1.90. The van der Waals surface area contributed by atoms with Crippen LogP contribution in [0.2, 0.25) is 0 Å². The molecule has 3 aromatic rings. The molecule has 1 fully saturated rings. The van der Waals surface area contributed by atoms with Crippen molar-refractivity contribution in [1.29, 1.82) is 0 Å².